The molecular formula is C12H16N2O2. The third kappa shape index (κ3) is 1.76. The van der Waals surface area contributed by atoms with Gasteiger partial charge in [-0.1, -0.05) is 6.07 Å². The zero-order valence-electron chi connectivity index (χ0n) is 9.53. The van der Waals surface area contributed by atoms with Crippen LogP contribution in [0.5, 0.6) is 5.75 Å². The Hall–Kier alpha value is -1.55. The minimum absolute atomic E-state index is 0.0279. The molecule has 4 nitrogen and oxygen atoms in total. The number of nitrogens with one attached hydrogen (secondary N) is 1. The van der Waals surface area contributed by atoms with Gasteiger partial charge in [-0.05, 0) is 19.1 Å². The lowest BCUT2D eigenvalue weighted by atomic mass is 10.0. The van der Waals surface area contributed by atoms with Gasteiger partial charge in [0.1, 0.15) is 5.75 Å². The maximum Gasteiger partial charge on any atom is 0.254 e. The standard InChI is InChI=1S/C12H16N2O2/c1-8-10(4-3-5-11(8)15)12(16)14(2)9-6-13-7-9/h3-5,9,13,15H,6-7H2,1-2H3. The van der Waals surface area contributed by atoms with Crippen LogP contribution in [0.1, 0.15) is 15.9 Å². The molecule has 2 N–H and O–H groups in total. The maximum atomic E-state index is 12.1. The van der Waals surface area contributed by atoms with E-state index < -0.39 is 0 Å². The maximum absolute atomic E-state index is 12.1. The van der Waals surface area contributed by atoms with E-state index in [2.05, 4.69) is 5.32 Å². The van der Waals surface area contributed by atoms with Crippen molar-refractivity contribution in [3.8, 4) is 5.75 Å². The van der Waals surface area contributed by atoms with E-state index in [0.717, 1.165) is 13.1 Å². The van der Waals surface area contributed by atoms with Crippen LogP contribution in [0, 0.1) is 6.92 Å². The average molecular weight is 220 g/mol. The van der Waals surface area contributed by atoms with E-state index in [0.29, 0.717) is 11.1 Å². The molecule has 1 fully saturated rings. The van der Waals surface area contributed by atoms with E-state index in [1.165, 1.54) is 0 Å². The molecule has 0 saturated carbocycles. The molecule has 1 heterocycles. The van der Waals surface area contributed by atoms with Crippen LogP contribution in [0.4, 0.5) is 0 Å². The normalized spacial score (nSPS) is 15.6. The quantitative estimate of drug-likeness (QED) is 0.773. The summed E-state index contributed by atoms with van der Waals surface area (Å²) in [7, 11) is 1.80. The summed E-state index contributed by atoms with van der Waals surface area (Å²) in [6.07, 6.45) is 0. The number of rotatable bonds is 2. The molecule has 1 amide bonds. The van der Waals surface area contributed by atoms with Crippen LogP contribution < -0.4 is 5.32 Å². The number of phenols is 1. The summed E-state index contributed by atoms with van der Waals surface area (Å²) >= 11 is 0. The van der Waals surface area contributed by atoms with Crippen molar-refractivity contribution in [1.82, 2.24) is 10.2 Å². The van der Waals surface area contributed by atoms with Gasteiger partial charge in [0.25, 0.3) is 5.91 Å². The van der Waals surface area contributed by atoms with Crippen molar-refractivity contribution in [1.29, 1.82) is 0 Å². The van der Waals surface area contributed by atoms with E-state index in [1.54, 1.807) is 37.1 Å². The average Bonchev–Trinajstić information content (AvgIpc) is 2.18. The van der Waals surface area contributed by atoms with Gasteiger partial charge in [-0.3, -0.25) is 4.79 Å². The predicted molar refractivity (Wildman–Crippen MR) is 61.6 cm³/mol. The fraction of sp³-hybridized carbons (Fsp3) is 0.417. The van der Waals surface area contributed by atoms with Gasteiger partial charge >= 0.3 is 0 Å². The Morgan fingerprint density at radius 1 is 1.50 bits per heavy atom. The van der Waals surface area contributed by atoms with E-state index in [4.69, 9.17) is 0 Å². The first-order valence-electron chi connectivity index (χ1n) is 5.37. The number of nitrogens with zero attached hydrogens (tertiary/aromatic N) is 1. The van der Waals surface area contributed by atoms with Gasteiger partial charge in [-0.15, -0.1) is 0 Å². The Labute approximate surface area is 94.9 Å². The number of amides is 1. The van der Waals surface area contributed by atoms with Crippen molar-refractivity contribution >= 4 is 5.91 Å². The number of hydrogen-bond acceptors (Lipinski definition) is 3. The Morgan fingerprint density at radius 2 is 2.19 bits per heavy atom. The number of phenolic OH excluding ortho intramolecular Hbond substituents is 1. The molecule has 86 valence electrons. The Morgan fingerprint density at radius 3 is 2.75 bits per heavy atom. The molecule has 4 heteroatoms. The van der Waals surface area contributed by atoms with Crippen LogP contribution in [0.2, 0.25) is 0 Å². The second-order valence-electron chi connectivity index (χ2n) is 4.18. The van der Waals surface area contributed by atoms with Crippen LogP contribution >= 0.6 is 0 Å². The number of likely N-dealkylation sites (N-methyl/N-ethyl adjacent to an activating group) is 1. The number of benzene rings is 1. The van der Waals surface area contributed by atoms with Gasteiger partial charge in [-0.25, -0.2) is 0 Å². The van der Waals surface area contributed by atoms with E-state index in [1.807, 2.05) is 0 Å². The molecule has 1 aromatic rings. The number of aromatic hydroxyl groups is 1. The van der Waals surface area contributed by atoms with Crippen molar-refractivity contribution in [3.05, 3.63) is 29.3 Å². The van der Waals surface area contributed by atoms with Gasteiger partial charge in [0.05, 0.1) is 6.04 Å². The second-order valence-corrected chi connectivity index (χ2v) is 4.18. The molecule has 0 aliphatic carbocycles. The first-order chi connectivity index (χ1) is 7.61. The highest BCUT2D eigenvalue weighted by Gasteiger charge is 2.26. The molecule has 2 rings (SSSR count). The molecular weight excluding hydrogens is 204 g/mol. The number of carbonyl (C=O) groups excluding carboxylic acids is 1. The third-order valence-corrected chi connectivity index (χ3v) is 3.16. The van der Waals surface area contributed by atoms with Crippen LogP contribution in [-0.4, -0.2) is 42.1 Å². The highest BCUT2D eigenvalue weighted by atomic mass is 16.3. The zero-order chi connectivity index (χ0) is 11.7. The SMILES string of the molecule is Cc1c(O)cccc1C(=O)N(C)C1CNC1. The van der Waals surface area contributed by atoms with Gasteiger partial charge in [-0.2, -0.15) is 0 Å². The molecule has 0 bridgehead atoms. The topological polar surface area (TPSA) is 52.6 Å². The monoisotopic (exact) mass is 220 g/mol. The summed E-state index contributed by atoms with van der Waals surface area (Å²) in [6, 6.07) is 5.31. The van der Waals surface area contributed by atoms with Crippen molar-refractivity contribution in [2.75, 3.05) is 20.1 Å². The minimum atomic E-state index is -0.0279. The smallest absolute Gasteiger partial charge is 0.254 e. The van der Waals surface area contributed by atoms with E-state index in [-0.39, 0.29) is 17.7 Å². The zero-order valence-corrected chi connectivity index (χ0v) is 9.53. The first kappa shape index (κ1) is 11.0. The fourth-order valence-electron chi connectivity index (χ4n) is 1.76. The Balaban J connectivity index is 2.22. The molecule has 0 unspecified atom stereocenters. The molecule has 1 aromatic carbocycles. The lowest BCUT2D eigenvalue weighted by Crippen LogP contribution is -2.57. The van der Waals surface area contributed by atoms with Crippen LogP contribution in [-0.2, 0) is 0 Å². The first-order valence-corrected chi connectivity index (χ1v) is 5.37. The summed E-state index contributed by atoms with van der Waals surface area (Å²) in [5.41, 5.74) is 1.22. The van der Waals surface area contributed by atoms with Gasteiger partial charge < -0.3 is 15.3 Å². The molecule has 0 spiro atoms. The molecule has 0 aromatic heterocycles. The molecule has 16 heavy (non-hydrogen) atoms. The number of carbonyl (C=O) groups is 1. The van der Waals surface area contributed by atoms with Crippen molar-refractivity contribution in [3.63, 3.8) is 0 Å². The third-order valence-electron chi connectivity index (χ3n) is 3.16. The lowest BCUT2D eigenvalue weighted by molar-refractivity contribution is 0.0680. The van der Waals surface area contributed by atoms with Gasteiger partial charge in [0, 0.05) is 31.3 Å². The van der Waals surface area contributed by atoms with Crippen LogP contribution in [0.25, 0.3) is 0 Å². The number of hydrogen-bond donors (Lipinski definition) is 2. The highest BCUT2D eigenvalue weighted by molar-refractivity contribution is 5.96. The molecule has 1 aliphatic heterocycles. The summed E-state index contributed by atoms with van der Waals surface area (Å²) in [5, 5.41) is 12.7. The molecule has 0 radical (unpaired) electrons. The van der Waals surface area contributed by atoms with E-state index in [9.17, 15) is 9.90 Å². The van der Waals surface area contributed by atoms with Gasteiger partial charge in [0.2, 0.25) is 0 Å². The van der Waals surface area contributed by atoms with E-state index >= 15 is 0 Å². The predicted octanol–water partition coefficient (Wildman–Crippen LogP) is 0.744. The summed E-state index contributed by atoms with van der Waals surface area (Å²) in [6.45, 7) is 3.45. The van der Waals surface area contributed by atoms with Crippen LogP contribution in [0.3, 0.4) is 0 Å². The molecule has 1 saturated heterocycles. The Kier molecular flexibility index (Phi) is 2.83. The van der Waals surface area contributed by atoms with Crippen molar-refractivity contribution in [2.24, 2.45) is 0 Å². The Bertz CT molecular complexity index is 413. The lowest BCUT2D eigenvalue weighted by Gasteiger charge is -2.35. The van der Waals surface area contributed by atoms with Gasteiger partial charge in [0.15, 0.2) is 0 Å². The largest absolute Gasteiger partial charge is 0.508 e. The van der Waals surface area contributed by atoms with Crippen LogP contribution in [0.15, 0.2) is 18.2 Å². The second kappa shape index (κ2) is 4.14. The molecule has 0 atom stereocenters. The highest BCUT2D eigenvalue weighted by Crippen LogP contribution is 2.21. The van der Waals surface area contributed by atoms with Crippen molar-refractivity contribution in [2.45, 2.75) is 13.0 Å². The summed E-state index contributed by atoms with van der Waals surface area (Å²) in [4.78, 5) is 13.9. The fourth-order valence-corrected chi connectivity index (χ4v) is 1.76. The summed E-state index contributed by atoms with van der Waals surface area (Å²) < 4.78 is 0. The molecule has 1 aliphatic rings. The van der Waals surface area contributed by atoms with Crippen molar-refractivity contribution < 1.29 is 9.90 Å². The summed E-state index contributed by atoms with van der Waals surface area (Å²) in [5.74, 6) is 0.144. The minimum Gasteiger partial charge on any atom is -0.508 e.